The highest BCUT2D eigenvalue weighted by atomic mass is 16.5. The quantitative estimate of drug-likeness (QED) is 0.569. The third-order valence-electron chi connectivity index (χ3n) is 3.14. The van der Waals surface area contributed by atoms with Crippen LogP contribution in [0.15, 0.2) is 0 Å². The number of nitrogens with one attached hydrogen (secondary N) is 2. The molecule has 2 heterocycles. The summed E-state index contributed by atoms with van der Waals surface area (Å²) < 4.78 is 5.29. The monoisotopic (exact) mass is 184 g/mol. The molecular weight excluding hydrogens is 168 g/mol. The Bertz CT molecular complexity index is 208. The van der Waals surface area contributed by atoms with Gasteiger partial charge < -0.3 is 15.4 Å². The van der Waals surface area contributed by atoms with Gasteiger partial charge in [0.05, 0.1) is 5.41 Å². The zero-order chi connectivity index (χ0) is 9.31. The van der Waals surface area contributed by atoms with Gasteiger partial charge in [-0.15, -0.1) is 0 Å². The zero-order valence-corrected chi connectivity index (χ0v) is 7.93. The van der Waals surface area contributed by atoms with Crippen molar-refractivity contribution < 1.29 is 9.53 Å². The van der Waals surface area contributed by atoms with Crippen LogP contribution >= 0.6 is 0 Å². The molecule has 74 valence electrons. The molecule has 4 heteroatoms. The largest absolute Gasteiger partial charge is 0.381 e. The van der Waals surface area contributed by atoms with Crippen LogP contribution in [-0.2, 0) is 9.53 Å². The van der Waals surface area contributed by atoms with Crippen molar-refractivity contribution >= 4 is 5.91 Å². The number of amides is 1. The fourth-order valence-corrected chi connectivity index (χ4v) is 2.17. The van der Waals surface area contributed by atoms with Gasteiger partial charge in [0.2, 0.25) is 5.91 Å². The smallest absolute Gasteiger partial charge is 0.227 e. The Kier molecular flexibility index (Phi) is 2.26. The maximum atomic E-state index is 11.8. The Balaban J connectivity index is 2.13. The van der Waals surface area contributed by atoms with E-state index in [1.54, 1.807) is 7.05 Å². The van der Waals surface area contributed by atoms with E-state index in [0.717, 1.165) is 19.4 Å². The van der Waals surface area contributed by atoms with E-state index in [0.29, 0.717) is 19.3 Å². The summed E-state index contributed by atoms with van der Waals surface area (Å²) in [5.41, 5.74) is -0.187. The third-order valence-corrected chi connectivity index (χ3v) is 3.14. The van der Waals surface area contributed by atoms with Crippen LogP contribution in [0.25, 0.3) is 0 Å². The lowest BCUT2D eigenvalue weighted by molar-refractivity contribution is -0.136. The van der Waals surface area contributed by atoms with Crippen molar-refractivity contribution in [3.05, 3.63) is 0 Å². The molecule has 13 heavy (non-hydrogen) atoms. The van der Waals surface area contributed by atoms with E-state index < -0.39 is 0 Å². The predicted octanol–water partition coefficient (Wildman–Crippen LogP) is -0.499. The highest BCUT2D eigenvalue weighted by Gasteiger charge is 2.50. The summed E-state index contributed by atoms with van der Waals surface area (Å²) in [5, 5.41) is 6.01. The third kappa shape index (κ3) is 1.44. The Hall–Kier alpha value is -0.610. The summed E-state index contributed by atoms with van der Waals surface area (Å²) in [6.07, 6.45) is 1.70. The minimum absolute atomic E-state index is 0.172. The molecule has 1 unspecified atom stereocenters. The number of carbonyl (C=O) groups is 1. The molecule has 1 amide bonds. The Morgan fingerprint density at radius 2 is 2.15 bits per heavy atom. The maximum absolute atomic E-state index is 11.8. The average molecular weight is 184 g/mol. The standard InChI is InChI=1S/C9H16N2O2/c1-10-8(12)9(7-6-11-7)2-4-13-5-3-9/h7,11H,2-6H2,1H3,(H,10,12). The van der Waals surface area contributed by atoms with Crippen LogP contribution in [0.4, 0.5) is 0 Å². The van der Waals surface area contributed by atoms with Crippen LogP contribution in [0.3, 0.4) is 0 Å². The van der Waals surface area contributed by atoms with Gasteiger partial charge in [0, 0.05) is 32.8 Å². The van der Waals surface area contributed by atoms with Crippen molar-refractivity contribution in [1.29, 1.82) is 0 Å². The summed E-state index contributed by atoms with van der Waals surface area (Å²) in [6.45, 7) is 2.41. The first-order chi connectivity index (χ1) is 6.29. The number of carbonyl (C=O) groups excluding carboxylic acids is 1. The number of ether oxygens (including phenoxy) is 1. The number of rotatable bonds is 2. The van der Waals surface area contributed by atoms with Gasteiger partial charge in [-0.3, -0.25) is 4.79 Å². The van der Waals surface area contributed by atoms with Gasteiger partial charge in [0.25, 0.3) is 0 Å². The van der Waals surface area contributed by atoms with Crippen LogP contribution in [0, 0.1) is 5.41 Å². The zero-order valence-electron chi connectivity index (χ0n) is 7.93. The van der Waals surface area contributed by atoms with Gasteiger partial charge in [-0.25, -0.2) is 0 Å². The lowest BCUT2D eigenvalue weighted by Crippen LogP contribution is -2.48. The molecule has 4 nitrogen and oxygen atoms in total. The molecule has 1 atom stereocenters. The summed E-state index contributed by atoms with van der Waals surface area (Å²) >= 11 is 0. The molecule has 2 fully saturated rings. The number of hydrogen-bond acceptors (Lipinski definition) is 3. The molecule has 0 aromatic rings. The summed E-state index contributed by atoms with van der Waals surface area (Å²) in [7, 11) is 1.71. The lowest BCUT2D eigenvalue weighted by atomic mass is 9.76. The van der Waals surface area contributed by atoms with Crippen LogP contribution < -0.4 is 10.6 Å². The van der Waals surface area contributed by atoms with Gasteiger partial charge in [0.1, 0.15) is 0 Å². The molecule has 0 bridgehead atoms. The molecule has 0 aromatic heterocycles. The second-order valence-electron chi connectivity index (χ2n) is 3.81. The van der Waals surface area contributed by atoms with Crippen molar-refractivity contribution in [2.75, 3.05) is 26.8 Å². The minimum Gasteiger partial charge on any atom is -0.381 e. The summed E-state index contributed by atoms with van der Waals surface area (Å²) in [6, 6.07) is 0.386. The first kappa shape index (κ1) is 8.97. The van der Waals surface area contributed by atoms with E-state index in [9.17, 15) is 4.79 Å². The lowest BCUT2D eigenvalue weighted by Gasteiger charge is -2.34. The molecule has 2 saturated heterocycles. The molecule has 2 aliphatic heterocycles. The molecule has 0 aliphatic carbocycles. The summed E-state index contributed by atoms with van der Waals surface area (Å²) in [4.78, 5) is 11.8. The number of hydrogen-bond donors (Lipinski definition) is 2. The first-order valence-electron chi connectivity index (χ1n) is 4.83. The average Bonchev–Trinajstić information content (AvgIpc) is 3.01. The highest BCUT2D eigenvalue weighted by Crippen LogP contribution is 2.38. The predicted molar refractivity (Wildman–Crippen MR) is 48.3 cm³/mol. The molecule has 2 rings (SSSR count). The van der Waals surface area contributed by atoms with Crippen LogP contribution in [0.1, 0.15) is 12.8 Å². The van der Waals surface area contributed by atoms with Gasteiger partial charge in [0.15, 0.2) is 0 Å². The van der Waals surface area contributed by atoms with Crippen molar-refractivity contribution in [3.8, 4) is 0 Å². The fourth-order valence-electron chi connectivity index (χ4n) is 2.17. The van der Waals surface area contributed by atoms with Crippen molar-refractivity contribution in [2.24, 2.45) is 5.41 Å². The van der Waals surface area contributed by atoms with Crippen molar-refractivity contribution in [3.63, 3.8) is 0 Å². The van der Waals surface area contributed by atoms with Gasteiger partial charge in [-0.2, -0.15) is 0 Å². The fraction of sp³-hybridized carbons (Fsp3) is 0.889. The minimum atomic E-state index is -0.187. The van der Waals surface area contributed by atoms with E-state index in [2.05, 4.69) is 10.6 Å². The SMILES string of the molecule is CNC(=O)C1(C2CN2)CCOCC1. The molecule has 0 saturated carbocycles. The maximum Gasteiger partial charge on any atom is 0.227 e. The van der Waals surface area contributed by atoms with E-state index >= 15 is 0 Å². The topological polar surface area (TPSA) is 60.3 Å². The first-order valence-corrected chi connectivity index (χ1v) is 4.83. The normalized spacial score (nSPS) is 31.0. The van der Waals surface area contributed by atoms with Crippen LogP contribution in [-0.4, -0.2) is 38.8 Å². The second-order valence-corrected chi connectivity index (χ2v) is 3.81. The molecular formula is C9H16N2O2. The second kappa shape index (κ2) is 3.27. The van der Waals surface area contributed by atoms with Crippen LogP contribution in [0.2, 0.25) is 0 Å². The van der Waals surface area contributed by atoms with E-state index in [1.807, 2.05) is 0 Å². The van der Waals surface area contributed by atoms with Gasteiger partial charge in [-0.05, 0) is 12.8 Å². The Labute approximate surface area is 78.0 Å². The van der Waals surface area contributed by atoms with E-state index in [1.165, 1.54) is 0 Å². The molecule has 0 radical (unpaired) electrons. The molecule has 0 aromatic carbocycles. The van der Waals surface area contributed by atoms with Crippen molar-refractivity contribution in [1.82, 2.24) is 10.6 Å². The van der Waals surface area contributed by atoms with Crippen molar-refractivity contribution in [2.45, 2.75) is 18.9 Å². The van der Waals surface area contributed by atoms with Crippen LogP contribution in [0.5, 0.6) is 0 Å². The van der Waals surface area contributed by atoms with Gasteiger partial charge in [-0.1, -0.05) is 0 Å². The Morgan fingerprint density at radius 3 is 2.62 bits per heavy atom. The highest BCUT2D eigenvalue weighted by molar-refractivity contribution is 5.83. The molecule has 0 spiro atoms. The van der Waals surface area contributed by atoms with Gasteiger partial charge >= 0.3 is 0 Å². The Morgan fingerprint density at radius 1 is 1.54 bits per heavy atom. The van der Waals surface area contributed by atoms with E-state index in [4.69, 9.17) is 4.74 Å². The molecule has 2 aliphatic rings. The summed E-state index contributed by atoms with van der Waals surface area (Å²) in [5.74, 6) is 0.172. The molecule has 2 N–H and O–H groups in total. The van der Waals surface area contributed by atoms with E-state index in [-0.39, 0.29) is 11.3 Å².